The number of rotatable bonds is 8. The first-order valence-corrected chi connectivity index (χ1v) is 11.0. The van der Waals surface area contributed by atoms with Crippen LogP contribution < -0.4 is 15.0 Å². The van der Waals surface area contributed by atoms with Crippen molar-refractivity contribution in [3.05, 3.63) is 59.7 Å². The van der Waals surface area contributed by atoms with Crippen LogP contribution in [0.2, 0.25) is 0 Å². The maximum Gasteiger partial charge on any atom is 0.234 e. The van der Waals surface area contributed by atoms with Crippen LogP contribution in [-0.4, -0.2) is 50.6 Å². The van der Waals surface area contributed by atoms with Gasteiger partial charge >= 0.3 is 0 Å². The number of hydrogen-bond donors (Lipinski definition) is 1. The van der Waals surface area contributed by atoms with Gasteiger partial charge in [-0.2, -0.15) is 0 Å². The monoisotopic (exact) mass is 409 g/mol. The fraction of sp³-hybridized carbons (Fsp3) is 0.480. The number of benzene rings is 2. The van der Waals surface area contributed by atoms with E-state index in [0.29, 0.717) is 12.5 Å². The summed E-state index contributed by atoms with van der Waals surface area (Å²) in [4.78, 5) is 17.4. The molecule has 5 nitrogen and oxygen atoms in total. The van der Waals surface area contributed by atoms with Crippen molar-refractivity contribution in [3.63, 3.8) is 0 Å². The molecule has 0 aromatic heterocycles. The molecule has 30 heavy (non-hydrogen) atoms. The smallest absolute Gasteiger partial charge is 0.234 e. The highest BCUT2D eigenvalue weighted by molar-refractivity contribution is 5.78. The highest BCUT2D eigenvalue weighted by atomic mass is 16.5. The summed E-state index contributed by atoms with van der Waals surface area (Å²) in [6, 6.07) is 16.8. The van der Waals surface area contributed by atoms with Crippen molar-refractivity contribution in [2.45, 2.75) is 33.2 Å². The number of aryl methyl sites for hydroxylation is 1. The van der Waals surface area contributed by atoms with E-state index in [1.807, 2.05) is 12.1 Å². The van der Waals surface area contributed by atoms with Gasteiger partial charge in [-0.25, -0.2) is 0 Å². The molecule has 1 heterocycles. The molecule has 3 rings (SSSR count). The highest BCUT2D eigenvalue weighted by Gasteiger charge is 2.22. The first kappa shape index (κ1) is 22.2. The molecule has 0 radical (unpaired) electrons. The van der Waals surface area contributed by atoms with Crippen molar-refractivity contribution in [2.24, 2.45) is 5.92 Å². The first-order chi connectivity index (χ1) is 14.5. The maximum absolute atomic E-state index is 12.8. The number of hydrogen-bond acceptors (Lipinski definition) is 4. The Morgan fingerprint density at radius 3 is 2.37 bits per heavy atom. The summed E-state index contributed by atoms with van der Waals surface area (Å²) in [5.41, 5.74) is 3.67. The third-order valence-corrected chi connectivity index (χ3v) is 5.89. The minimum Gasteiger partial charge on any atom is -0.497 e. The summed E-state index contributed by atoms with van der Waals surface area (Å²) < 4.78 is 5.33. The molecule has 0 aliphatic carbocycles. The molecule has 1 atom stereocenters. The van der Waals surface area contributed by atoms with Crippen LogP contribution in [0.5, 0.6) is 5.75 Å². The zero-order valence-electron chi connectivity index (χ0n) is 18.7. The van der Waals surface area contributed by atoms with E-state index in [2.05, 4.69) is 72.3 Å². The predicted molar refractivity (Wildman–Crippen MR) is 123 cm³/mol. The van der Waals surface area contributed by atoms with Crippen molar-refractivity contribution in [1.82, 2.24) is 10.2 Å². The lowest BCUT2D eigenvalue weighted by atomic mass is 9.95. The number of anilines is 1. The molecule has 1 aliphatic rings. The molecule has 0 saturated carbocycles. The SMILES string of the molecule is CCc1ccc([C@@H](NC(=O)CN2CCN(c3cccc(OC)c3)CC2)C(C)C)cc1. The second kappa shape index (κ2) is 10.5. The summed E-state index contributed by atoms with van der Waals surface area (Å²) in [6.07, 6.45) is 1.03. The number of carbonyl (C=O) groups excluding carboxylic acids is 1. The lowest BCUT2D eigenvalue weighted by Crippen LogP contribution is -2.50. The second-order valence-electron chi connectivity index (χ2n) is 8.35. The molecular formula is C25H35N3O2. The Bertz CT molecular complexity index is 811. The Kier molecular flexibility index (Phi) is 7.75. The number of carbonyl (C=O) groups is 1. The van der Waals surface area contributed by atoms with Gasteiger partial charge in [-0.3, -0.25) is 9.69 Å². The van der Waals surface area contributed by atoms with E-state index in [9.17, 15) is 4.79 Å². The van der Waals surface area contributed by atoms with Gasteiger partial charge in [0.25, 0.3) is 0 Å². The van der Waals surface area contributed by atoms with Gasteiger partial charge in [0.05, 0.1) is 19.7 Å². The van der Waals surface area contributed by atoms with Crippen LogP contribution in [0, 0.1) is 5.92 Å². The Labute approximate surface area is 181 Å². The molecule has 1 N–H and O–H groups in total. The van der Waals surface area contributed by atoms with Crippen molar-refractivity contribution < 1.29 is 9.53 Å². The van der Waals surface area contributed by atoms with E-state index in [4.69, 9.17) is 4.74 Å². The van der Waals surface area contributed by atoms with Gasteiger partial charge in [-0.1, -0.05) is 51.1 Å². The normalized spacial score (nSPS) is 15.8. The largest absolute Gasteiger partial charge is 0.497 e. The van der Waals surface area contributed by atoms with E-state index in [1.165, 1.54) is 16.8 Å². The van der Waals surface area contributed by atoms with Crippen LogP contribution >= 0.6 is 0 Å². The minimum atomic E-state index is 0.0430. The predicted octanol–water partition coefficient (Wildman–Crippen LogP) is 3.89. The average molecular weight is 410 g/mol. The number of ether oxygens (including phenoxy) is 1. The molecule has 1 fully saturated rings. The lowest BCUT2D eigenvalue weighted by Gasteiger charge is -2.36. The lowest BCUT2D eigenvalue weighted by molar-refractivity contribution is -0.123. The summed E-state index contributed by atoms with van der Waals surface area (Å²) in [5.74, 6) is 1.32. The number of piperazine rings is 1. The molecule has 0 bridgehead atoms. The van der Waals surface area contributed by atoms with Crippen LogP contribution in [-0.2, 0) is 11.2 Å². The zero-order valence-corrected chi connectivity index (χ0v) is 18.7. The van der Waals surface area contributed by atoms with E-state index in [1.54, 1.807) is 7.11 Å². The summed E-state index contributed by atoms with van der Waals surface area (Å²) in [7, 11) is 1.69. The van der Waals surface area contributed by atoms with Gasteiger partial charge in [0.1, 0.15) is 5.75 Å². The van der Waals surface area contributed by atoms with Crippen molar-refractivity contribution in [1.29, 1.82) is 0 Å². The third kappa shape index (κ3) is 5.76. The summed E-state index contributed by atoms with van der Waals surface area (Å²) in [6.45, 7) is 10.5. The second-order valence-corrected chi connectivity index (χ2v) is 8.35. The summed E-state index contributed by atoms with van der Waals surface area (Å²) in [5, 5.41) is 3.26. The maximum atomic E-state index is 12.8. The van der Waals surface area contributed by atoms with Gasteiger partial charge in [0.15, 0.2) is 0 Å². The fourth-order valence-corrected chi connectivity index (χ4v) is 3.99. The Morgan fingerprint density at radius 2 is 1.77 bits per heavy atom. The van der Waals surface area contributed by atoms with E-state index >= 15 is 0 Å². The fourth-order valence-electron chi connectivity index (χ4n) is 3.99. The zero-order chi connectivity index (χ0) is 21.5. The van der Waals surface area contributed by atoms with Gasteiger partial charge in [-0.05, 0) is 35.6 Å². The number of nitrogens with zero attached hydrogens (tertiary/aromatic N) is 2. The van der Waals surface area contributed by atoms with Crippen molar-refractivity contribution >= 4 is 11.6 Å². The Morgan fingerprint density at radius 1 is 1.07 bits per heavy atom. The minimum absolute atomic E-state index is 0.0430. The first-order valence-electron chi connectivity index (χ1n) is 11.0. The molecule has 1 amide bonds. The molecule has 1 saturated heterocycles. The van der Waals surface area contributed by atoms with Gasteiger partial charge in [-0.15, -0.1) is 0 Å². The number of methoxy groups -OCH3 is 1. The molecule has 0 spiro atoms. The third-order valence-electron chi connectivity index (χ3n) is 5.89. The Balaban J connectivity index is 1.52. The van der Waals surface area contributed by atoms with Crippen molar-refractivity contribution in [2.75, 3.05) is 44.7 Å². The number of nitrogens with one attached hydrogen (secondary N) is 1. The standard InChI is InChI=1S/C25H35N3O2/c1-5-20-9-11-21(12-10-20)25(19(2)3)26-24(29)18-27-13-15-28(16-14-27)22-7-6-8-23(17-22)30-4/h6-12,17,19,25H,5,13-16,18H2,1-4H3,(H,26,29)/t25-/m0/s1. The van der Waals surface area contributed by atoms with Gasteiger partial charge in [0.2, 0.25) is 5.91 Å². The molecule has 2 aromatic carbocycles. The van der Waals surface area contributed by atoms with Crippen LogP contribution in [0.3, 0.4) is 0 Å². The molecule has 1 aliphatic heterocycles. The van der Waals surface area contributed by atoms with Crippen LogP contribution in [0.15, 0.2) is 48.5 Å². The number of amides is 1. The molecule has 5 heteroatoms. The summed E-state index contributed by atoms with van der Waals surface area (Å²) >= 11 is 0. The quantitative estimate of drug-likeness (QED) is 0.718. The Hall–Kier alpha value is -2.53. The van der Waals surface area contributed by atoms with E-state index < -0.39 is 0 Å². The van der Waals surface area contributed by atoms with Gasteiger partial charge < -0.3 is 15.0 Å². The molecule has 2 aromatic rings. The molecular weight excluding hydrogens is 374 g/mol. The molecule has 162 valence electrons. The van der Waals surface area contributed by atoms with Crippen LogP contribution in [0.4, 0.5) is 5.69 Å². The van der Waals surface area contributed by atoms with Crippen LogP contribution in [0.1, 0.15) is 37.9 Å². The molecule has 0 unspecified atom stereocenters. The average Bonchev–Trinajstić information content (AvgIpc) is 2.78. The van der Waals surface area contributed by atoms with Crippen LogP contribution in [0.25, 0.3) is 0 Å². The highest BCUT2D eigenvalue weighted by Crippen LogP contribution is 2.23. The van der Waals surface area contributed by atoms with E-state index in [-0.39, 0.29) is 11.9 Å². The topological polar surface area (TPSA) is 44.8 Å². The van der Waals surface area contributed by atoms with E-state index in [0.717, 1.165) is 38.3 Å². The van der Waals surface area contributed by atoms with Crippen molar-refractivity contribution in [3.8, 4) is 5.75 Å². The van der Waals surface area contributed by atoms with Gasteiger partial charge in [0, 0.05) is 37.9 Å².